The van der Waals surface area contributed by atoms with E-state index in [2.05, 4.69) is 15.4 Å². The Morgan fingerprint density at radius 1 is 1.10 bits per heavy atom. The molecular weight excluding hydrogens is 518 g/mol. The maximum atomic E-state index is 14.9. The minimum atomic E-state index is -1.31. The molecule has 0 aliphatic carbocycles. The summed E-state index contributed by atoms with van der Waals surface area (Å²) in [4.78, 5) is 30.4. The number of anilines is 1. The Labute approximate surface area is 228 Å². The molecule has 8 nitrogen and oxygen atoms in total. The van der Waals surface area contributed by atoms with Crippen LogP contribution in [0, 0.1) is 25.5 Å². The van der Waals surface area contributed by atoms with E-state index in [9.17, 15) is 18.4 Å². The van der Waals surface area contributed by atoms with Gasteiger partial charge in [0.2, 0.25) is 0 Å². The van der Waals surface area contributed by atoms with Crippen molar-refractivity contribution in [2.24, 2.45) is 0 Å². The molecule has 2 aromatic carbocycles. The van der Waals surface area contributed by atoms with Crippen LogP contribution in [0.5, 0.6) is 0 Å². The van der Waals surface area contributed by atoms with Gasteiger partial charge >= 0.3 is 5.97 Å². The molecule has 0 radical (unpaired) electrons. The van der Waals surface area contributed by atoms with Gasteiger partial charge in [0.05, 0.1) is 29.0 Å². The number of nitrogens with zero attached hydrogens (tertiary/aromatic N) is 3. The number of nitrogens with one attached hydrogen (secondary N) is 1. The highest BCUT2D eigenvalue weighted by molar-refractivity contribution is 5.96. The van der Waals surface area contributed by atoms with Crippen LogP contribution < -0.4 is 10.7 Å². The van der Waals surface area contributed by atoms with Crippen LogP contribution in [0.4, 0.5) is 14.5 Å². The van der Waals surface area contributed by atoms with Crippen molar-refractivity contribution < 1.29 is 22.7 Å². The van der Waals surface area contributed by atoms with Crippen LogP contribution in [-0.4, -0.2) is 26.2 Å². The molecule has 1 N–H and O–H groups in total. The second kappa shape index (κ2) is 9.86. The van der Waals surface area contributed by atoms with Gasteiger partial charge in [-0.05, 0) is 77.4 Å². The van der Waals surface area contributed by atoms with E-state index in [-0.39, 0.29) is 16.9 Å². The van der Waals surface area contributed by atoms with Gasteiger partial charge in [0.25, 0.3) is 0 Å². The first-order valence-corrected chi connectivity index (χ1v) is 12.7. The van der Waals surface area contributed by atoms with Crippen LogP contribution >= 0.6 is 0 Å². The zero-order valence-electron chi connectivity index (χ0n) is 22.9. The van der Waals surface area contributed by atoms with Crippen LogP contribution in [-0.2, 0) is 4.74 Å². The number of hydrogen-bond donors (Lipinski definition) is 1. The molecule has 0 saturated carbocycles. The van der Waals surface area contributed by atoms with Crippen LogP contribution in [0.3, 0.4) is 0 Å². The second-order valence-corrected chi connectivity index (χ2v) is 10.8. The topological polar surface area (TPSA) is 98.7 Å². The maximum Gasteiger partial charge on any atom is 0.343 e. The third-order valence-electron chi connectivity index (χ3n) is 6.23. The van der Waals surface area contributed by atoms with Gasteiger partial charge in [-0.3, -0.25) is 4.79 Å². The number of benzene rings is 2. The molecule has 10 heteroatoms. The van der Waals surface area contributed by atoms with Crippen molar-refractivity contribution in [1.82, 2.24) is 14.6 Å². The van der Waals surface area contributed by atoms with Crippen molar-refractivity contribution in [2.75, 3.05) is 5.32 Å². The van der Waals surface area contributed by atoms with Crippen LogP contribution in [0.2, 0.25) is 0 Å². The summed E-state index contributed by atoms with van der Waals surface area (Å²) in [7, 11) is 0. The summed E-state index contributed by atoms with van der Waals surface area (Å²) < 4.78 is 42.2. The van der Waals surface area contributed by atoms with Gasteiger partial charge in [0.15, 0.2) is 28.5 Å². The number of carbonyl (C=O) groups excluding carboxylic acids is 1. The molecule has 1 unspecified atom stereocenters. The lowest BCUT2D eigenvalue weighted by molar-refractivity contribution is 0.00648. The van der Waals surface area contributed by atoms with E-state index in [0.717, 1.165) is 17.3 Å². The number of aryl methyl sites for hydroxylation is 2. The summed E-state index contributed by atoms with van der Waals surface area (Å²) in [6, 6.07) is 10.0. The van der Waals surface area contributed by atoms with Crippen molar-refractivity contribution in [3.63, 3.8) is 0 Å². The molecule has 0 saturated heterocycles. The number of carbonyl (C=O) groups is 1. The first-order valence-electron chi connectivity index (χ1n) is 12.7. The predicted octanol–water partition coefficient (Wildman–Crippen LogP) is 6.53. The Morgan fingerprint density at radius 2 is 1.85 bits per heavy atom. The highest BCUT2D eigenvalue weighted by Crippen LogP contribution is 2.32. The Kier molecular flexibility index (Phi) is 6.65. The SMILES string of the molecule is Cc1cc(C(C)Nc2ccc(F)c(F)c2C(=O)OC(C)(C)C)c2oc(-c3ccc4nc(C)cn4n3)cc(=O)c2c1. The third kappa shape index (κ3) is 5.16. The monoisotopic (exact) mass is 546 g/mol. The normalized spacial score (nSPS) is 12.6. The number of aromatic nitrogens is 3. The van der Waals surface area contributed by atoms with E-state index in [1.807, 2.05) is 19.9 Å². The summed E-state index contributed by atoms with van der Waals surface area (Å²) >= 11 is 0. The maximum absolute atomic E-state index is 14.9. The number of imidazole rings is 1. The molecule has 3 heterocycles. The van der Waals surface area contributed by atoms with Gasteiger partial charge in [-0.15, -0.1) is 0 Å². The Morgan fingerprint density at radius 3 is 2.58 bits per heavy atom. The lowest BCUT2D eigenvalue weighted by Crippen LogP contribution is -2.25. The van der Waals surface area contributed by atoms with Crippen LogP contribution in [0.15, 0.2) is 57.9 Å². The molecule has 5 rings (SSSR count). The number of halogens is 2. The molecule has 0 spiro atoms. The number of esters is 1. The summed E-state index contributed by atoms with van der Waals surface area (Å²) in [6.07, 6.45) is 1.77. The quantitative estimate of drug-likeness (QED) is 0.250. The fourth-order valence-electron chi connectivity index (χ4n) is 4.52. The Hall–Kier alpha value is -4.60. The Bertz CT molecular complexity index is 1850. The van der Waals surface area contributed by atoms with E-state index in [1.165, 1.54) is 12.1 Å². The largest absolute Gasteiger partial charge is 0.456 e. The third-order valence-corrected chi connectivity index (χ3v) is 6.23. The fourth-order valence-corrected chi connectivity index (χ4v) is 4.52. The van der Waals surface area contributed by atoms with Gasteiger partial charge in [-0.2, -0.15) is 5.10 Å². The summed E-state index contributed by atoms with van der Waals surface area (Å²) in [6.45, 7) is 10.4. The van der Waals surface area contributed by atoms with E-state index in [1.54, 1.807) is 56.6 Å². The smallest absolute Gasteiger partial charge is 0.343 e. The molecule has 40 heavy (non-hydrogen) atoms. The second-order valence-electron chi connectivity index (χ2n) is 10.8. The first kappa shape index (κ1) is 27.0. The van der Waals surface area contributed by atoms with Crippen molar-refractivity contribution in [3.8, 4) is 11.5 Å². The molecule has 5 aromatic rings. The average Bonchev–Trinajstić information content (AvgIpc) is 3.24. The highest BCUT2D eigenvalue weighted by Gasteiger charge is 2.27. The van der Waals surface area contributed by atoms with Crippen molar-refractivity contribution in [1.29, 1.82) is 0 Å². The lowest BCUT2D eigenvalue weighted by atomic mass is 10.00. The molecule has 0 fully saturated rings. The van der Waals surface area contributed by atoms with Crippen molar-refractivity contribution in [2.45, 2.75) is 53.2 Å². The summed E-state index contributed by atoms with van der Waals surface area (Å²) in [5, 5.41) is 7.97. The van der Waals surface area contributed by atoms with E-state index < -0.39 is 34.8 Å². The molecule has 3 aromatic heterocycles. The minimum absolute atomic E-state index is 0.0383. The number of hydrogen-bond acceptors (Lipinski definition) is 7. The minimum Gasteiger partial charge on any atom is -0.456 e. The van der Waals surface area contributed by atoms with Crippen molar-refractivity contribution >= 4 is 28.3 Å². The Balaban J connectivity index is 1.60. The zero-order chi connectivity index (χ0) is 28.9. The van der Waals surface area contributed by atoms with E-state index in [0.29, 0.717) is 27.9 Å². The van der Waals surface area contributed by atoms with Crippen LogP contribution in [0.25, 0.3) is 28.1 Å². The van der Waals surface area contributed by atoms with Crippen LogP contribution in [0.1, 0.15) is 60.9 Å². The predicted molar refractivity (Wildman–Crippen MR) is 148 cm³/mol. The van der Waals surface area contributed by atoms with E-state index in [4.69, 9.17) is 9.15 Å². The van der Waals surface area contributed by atoms with E-state index >= 15 is 0 Å². The molecule has 206 valence electrons. The number of ether oxygens (including phenoxy) is 1. The van der Waals surface area contributed by atoms with Gasteiger partial charge in [-0.1, -0.05) is 6.07 Å². The fraction of sp³-hybridized carbons (Fsp3) is 0.267. The highest BCUT2D eigenvalue weighted by atomic mass is 19.2. The zero-order valence-corrected chi connectivity index (χ0v) is 22.9. The van der Waals surface area contributed by atoms with Gasteiger partial charge in [0, 0.05) is 11.6 Å². The standard InChI is InChI=1S/C30H28F2N4O4/c1-15-11-18(17(3)34-22-8-7-20(31)27(32)26(22)29(38)40-30(4,5)6)28-19(12-15)23(37)13-24(39-28)21-9-10-25-33-16(2)14-36(25)35-21/h7-14,17,34H,1-6H3. The van der Waals surface area contributed by atoms with Crippen molar-refractivity contribution in [3.05, 3.63) is 92.9 Å². The number of rotatable bonds is 5. The molecule has 0 aliphatic heterocycles. The van der Waals surface area contributed by atoms with Gasteiger partial charge in [-0.25, -0.2) is 23.1 Å². The summed E-state index contributed by atoms with van der Waals surface area (Å²) in [5.41, 5.74) is 1.87. The molecule has 0 amide bonds. The molecule has 0 bridgehead atoms. The van der Waals surface area contributed by atoms with Gasteiger partial charge in [0.1, 0.15) is 22.4 Å². The molecule has 1 atom stereocenters. The average molecular weight is 547 g/mol. The molecule has 0 aliphatic rings. The molecular formula is C30H28F2N4O4. The summed E-state index contributed by atoms with van der Waals surface area (Å²) in [5.74, 6) is -3.23. The van der Waals surface area contributed by atoms with Gasteiger partial charge < -0.3 is 14.5 Å². The lowest BCUT2D eigenvalue weighted by Gasteiger charge is -2.23. The number of fused-ring (bicyclic) bond motifs is 2. The first-order chi connectivity index (χ1) is 18.8.